The van der Waals surface area contributed by atoms with Crippen molar-refractivity contribution in [2.24, 2.45) is 0 Å². The van der Waals surface area contributed by atoms with Crippen molar-refractivity contribution < 1.29 is 13.2 Å². The van der Waals surface area contributed by atoms with Crippen molar-refractivity contribution in [1.29, 1.82) is 0 Å². The van der Waals surface area contributed by atoms with Crippen LogP contribution in [-0.2, 0) is 14.8 Å². The smallest absolute Gasteiger partial charge is 0.235 e. The van der Waals surface area contributed by atoms with Gasteiger partial charge in [0.2, 0.25) is 15.9 Å². The Kier molecular flexibility index (Phi) is 7.09. The van der Waals surface area contributed by atoms with Gasteiger partial charge >= 0.3 is 0 Å². The SMILES string of the molecule is CCCCCCCCC(=O)Nc1ccc(N2CCCS2(=O)=O)cc1. The van der Waals surface area contributed by atoms with Crippen molar-refractivity contribution >= 4 is 27.3 Å². The maximum absolute atomic E-state index is 11.9. The number of unbranched alkanes of at least 4 members (excludes halogenated alkanes) is 5. The molecule has 6 heteroatoms. The first-order chi connectivity index (χ1) is 11.5. The zero-order valence-corrected chi connectivity index (χ0v) is 15.3. The van der Waals surface area contributed by atoms with Crippen molar-refractivity contribution in [2.45, 2.75) is 58.3 Å². The van der Waals surface area contributed by atoms with Crippen molar-refractivity contribution in [3.8, 4) is 0 Å². The largest absolute Gasteiger partial charge is 0.326 e. The Morgan fingerprint density at radius 1 is 1.08 bits per heavy atom. The van der Waals surface area contributed by atoms with Crippen molar-refractivity contribution in [2.75, 3.05) is 21.9 Å². The Balaban J connectivity index is 1.76. The molecular formula is C18H28N2O3S. The van der Waals surface area contributed by atoms with Gasteiger partial charge in [-0.1, -0.05) is 39.0 Å². The summed E-state index contributed by atoms with van der Waals surface area (Å²) in [5, 5.41) is 2.88. The first-order valence-corrected chi connectivity index (χ1v) is 10.5. The fourth-order valence-electron chi connectivity index (χ4n) is 2.93. The molecule has 1 saturated heterocycles. The average Bonchev–Trinajstić information content (AvgIpc) is 2.91. The quantitative estimate of drug-likeness (QED) is 0.685. The lowest BCUT2D eigenvalue weighted by Gasteiger charge is -2.17. The number of hydrogen-bond donors (Lipinski definition) is 1. The number of sulfonamides is 1. The number of nitrogens with one attached hydrogen (secondary N) is 1. The number of carbonyl (C=O) groups is 1. The summed E-state index contributed by atoms with van der Waals surface area (Å²) in [5.74, 6) is 0.232. The lowest BCUT2D eigenvalue weighted by Crippen LogP contribution is -2.24. The van der Waals surface area contributed by atoms with Crippen LogP contribution in [0, 0.1) is 0 Å². The van der Waals surface area contributed by atoms with Crippen molar-refractivity contribution in [3.05, 3.63) is 24.3 Å². The zero-order valence-electron chi connectivity index (χ0n) is 14.5. The molecule has 0 bridgehead atoms. The molecule has 0 spiro atoms. The van der Waals surface area contributed by atoms with Crippen LogP contribution in [0.25, 0.3) is 0 Å². The van der Waals surface area contributed by atoms with E-state index in [0.717, 1.165) is 12.8 Å². The Labute approximate surface area is 145 Å². The summed E-state index contributed by atoms with van der Waals surface area (Å²) in [7, 11) is -3.15. The molecule has 1 aliphatic rings. The van der Waals surface area contributed by atoms with E-state index < -0.39 is 10.0 Å². The molecule has 1 aromatic carbocycles. The van der Waals surface area contributed by atoms with E-state index in [1.54, 1.807) is 24.3 Å². The van der Waals surface area contributed by atoms with Gasteiger partial charge in [-0.15, -0.1) is 0 Å². The minimum atomic E-state index is -3.15. The van der Waals surface area contributed by atoms with Crippen LogP contribution in [-0.4, -0.2) is 26.6 Å². The first-order valence-electron chi connectivity index (χ1n) is 8.93. The molecule has 1 aromatic rings. The predicted molar refractivity (Wildman–Crippen MR) is 98.8 cm³/mol. The second-order valence-corrected chi connectivity index (χ2v) is 8.37. The third-order valence-corrected chi connectivity index (χ3v) is 6.17. The molecule has 0 unspecified atom stereocenters. The molecule has 0 saturated carbocycles. The lowest BCUT2D eigenvalue weighted by molar-refractivity contribution is -0.116. The van der Waals surface area contributed by atoms with E-state index in [0.29, 0.717) is 30.8 Å². The molecule has 1 fully saturated rings. The Hall–Kier alpha value is -1.56. The minimum absolute atomic E-state index is 0.0204. The Bertz CT molecular complexity index is 626. The van der Waals surface area contributed by atoms with Crippen LogP contribution in [0.3, 0.4) is 0 Å². The van der Waals surface area contributed by atoms with Crippen LogP contribution in [0.1, 0.15) is 58.3 Å². The van der Waals surface area contributed by atoms with Gasteiger partial charge in [0.1, 0.15) is 0 Å². The van der Waals surface area contributed by atoms with E-state index in [9.17, 15) is 13.2 Å². The molecule has 0 radical (unpaired) electrons. The molecule has 134 valence electrons. The molecule has 1 amide bonds. The van der Waals surface area contributed by atoms with Crippen LogP contribution in [0.5, 0.6) is 0 Å². The van der Waals surface area contributed by atoms with Gasteiger partial charge in [0, 0.05) is 18.7 Å². The highest BCUT2D eigenvalue weighted by Crippen LogP contribution is 2.25. The summed E-state index contributed by atoms with van der Waals surface area (Å²) in [6.45, 7) is 2.73. The predicted octanol–water partition coefficient (Wildman–Crippen LogP) is 3.92. The number of nitrogens with zero attached hydrogens (tertiary/aromatic N) is 1. The summed E-state index contributed by atoms with van der Waals surface area (Å²) < 4.78 is 25.2. The number of anilines is 2. The number of carbonyl (C=O) groups excluding carboxylic acids is 1. The maximum atomic E-state index is 11.9. The second-order valence-electron chi connectivity index (χ2n) is 6.35. The lowest BCUT2D eigenvalue weighted by atomic mass is 10.1. The van der Waals surface area contributed by atoms with Gasteiger partial charge < -0.3 is 5.32 Å². The number of rotatable bonds is 9. The summed E-state index contributed by atoms with van der Waals surface area (Å²) in [4.78, 5) is 11.9. The number of hydrogen-bond acceptors (Lipinski definition) is 3. The molecule has 0 aromatic heterocycles. The molecule has 2 rings (SSSR count). The Morgan fingerprint density at radius 2 is 1.75 bits per heavy atom. The normalized spacial score (nSPS) is 16.3. The molecule has 1 heterocycles. The van der Waals surface area contributed by atoms with Crippen LogP contribution < -0.4 is 9.62 Å². The van der Waals surface area contributed by atoms with Crippen LogP contribution >= 0.6 is 0 Å². The molecular weight excluding hydrogens is 324 g/mol. The first kappa shape index (κ1) is 18.8. The molecule has 0 atom stereocenters. The summed E-state index contributed by atoms with van der Waals surface area (Å²) >= 11 is 0. The summed E-state index contributed by atoms with van der Waals surface area (Å²) in [6, 6.07) is 7.04. The molecule has 0 aliphatic carbocycles. The maximum Gasteiger partial charge on any atom is 0.235 e. The summed E-state index contributed by atoms with van der Waals surface area (Å²) in [6.07, 6.45) is 8.16. The Morgan fingerprint density at radius 3 is 2.38 bits per heavy atom. The topological polar surface area (TPSA) is 66.5 Å². The highest BCUT2D eigenvalue weighted by Gasteiger charge is 2.28. The number of benzene rings is 1. The van der Waals surface area contributed by atoms with Crippen molar-refractivity contribution in [1.82, 2.24) is 0 Å². The van der Waals surface area contributed by atoms with Crippen molar-refractivity contribution in [3.63, 3.8) is 0 Å². The van der Waals surface area contributed by atoms with Gasteiger partial charge in [0.25, 0.3) is 0 Å². The fourth-order valence-corrected chi connectivity index (χ4v) is 4.49. The highest BCUT2D eigenvalue weighted by atomic mass is 32.2. The van der Waals surface area contributed by atoms with Gasteiger partial charge in [0.05, 0.1) is 11.4 Å². The van der Waals surface area contributed by atoms with Gasteiger partial charge in [-0.2, -0.15) is 0 Å². The van der Waals surface area contributed by atoms with Crippen LogP contribution in [0.15, 0.2) is 24.3 Å². The molecule has 1 aliphatic heterocycles. The van der Waals surface area contributed by atoms with Crippen LogP contribution in [0.4, 0.5) is 11.4 Å². The van der Waals surface area contributed by atoms with Gasteiger partial charge in [-0.3, -0.25) is 9.10 Å². The van der Waals surface area contributed by atoms with E-state index in [1.807, 2.05) is 0 Å². The third kappa shape index (κ3) is 5.51. The molecule has 1 N–H and O–H groups in total. The van der Waals surface area contributed by atoms with Crippen LogP contribution in [0.2, 0.25) is 0 Å². The van der Waals surface area contributed by atoms with E-state index in [1.165, 1.54) is 30.0 Å². The minimum Gasteiger partial charge on any atom is -0.326 e. The van der Waals surface area contributed by atoms with E-state index in [4.69, 9.17) is 0 Å². The molecule has 5 nitrogen and oxygen atoms in total. The summed E-state index contributed by atoms with van der Waals surface area (Å²) in [5.41, 5.74) is 1.38. The third-order valence-electron chi connectivity index (χ3n) is 4.30. The van der Waals surface area contributed by atoms with Gasteiger partial charge in [0.15, 0.2) is 0 Å². The van der Waals surface area contributed by atoms with E-state index in [2.05, 4.69) is 12.2 Å². The highest BCUT2D eigenvalue weighted by molar-refractivity contribution is 7.93. The monoisotopic (exact) mass is 352 g/mol. The fraction of sp³-hybridized carbons (Fsp3) is 0.611. The molecule has 24 heavy (non-hydrogen) atoms. The standard InChI is InChI=1S/C18H28N2O3S/c1-2-3-4-5-6-7-9-18(21)19-16-10-12-17(13-11-16)20-14-8-15-24(20,22)23/h10-13H,2-9,14-15H2,1H3,(H,19,21). The second kappa shape index (κ2) is 9.06. The van der Waals surface area contributed by atoms with E-state index >= 15 is 0 Å². The average molecular weight is 353 g/mol. The van der Waals surface area contributed by atoms with Gasteiger partial charge in [-0.05, 0) is 37.1 Å². The zero-order chi connectivity index (χ0) is 17.4. The van der Waals surface area contributed by atoms with Gasteiger partial charge in [-0.25, -0.2) is 8.42 Å². The van der Waals surface area contributed by atoms with E-state index in [-0.39, 0.29) is 11.7 Å². The number of amides is 1.